The molecule has 10 rings (SSSR count). The van der Waals surface area contributed by atoms with Crippen molar-refractivity contribution >= 4 is 55.2 Å². The van der Waals surface area contributed by atoms with Gasteiger partial charge < -0.3 is 48.6 Å². The Kier molecular flexibility index (Phi) is 16.7. The van der Waals surface area contributed by atoms with Crippen molar-refractivity contribution in [1.29, 1.82) is 0 Å². The highest BCUT2D eigenvalue weighted by Gasteiger charge is 2.18. The molecule has 0 spiro atoms. The Balaban J connectivity index is 0.000000168. The number of likely N-dealkylation sites (tertiary alicyclic amines) is 2. The number of H-pyrrole nitrogens is 2. The Morgan fingerprint density at radius 2 is 1.10 bits per heavy atom. The molecule has 2 fully saturated rings. The number of halogens is 3. The fourth-order valence-corrected chi connectivity index (χ4v) is 8.61. The molecule has 8 aromatic rings. The van der Waals surface area contributed by atoms with Crippen LogP contribution in [0.5, 0.6) is 40.4 Å². The van der Waals surface area contributed by atoms with Crippen LogP contribution in [0.2, 0.25) is 5.15 Å². The SMILES string of the molecule is C.COc1cc2c(Cl)ncnc2cc1OCCCN1CCCC1.COc1cc2c(Oc3ccc4[nH]c(C)cc4c3F)ncnc2cc1OCCCN1CCCC1.Cc1cc2c(F)c(O)ccc2[nH]1. The third kappa shape index (κ3) is 11.8. The summed E-state index contributed by atoms with van der Waals surface area (Å²) in [6.45, 7) is 11.9. The van der Waals surface area contributed by atoms with Crippen LogP contribution < -0.4 is 23.7 Å². The average molecular weight is 954 g/mol. The Labute approximate surface area is 399 Å². The summed E-state index contributed by atoms with van der Waals surface area (Å²) in [5, 5.41) is 11.8. The minimum atomic E-state index is -0.558. The maximum atomic E-state index is 15.0. The second-order valence-electron chi connectivity index (χ2n) is 16.6. The zero-order valence-electron chi connectivity index (χ0n) is 38.1. The summed E-state index contributed by atoms with van der Waals surface area (Å²) in [7, 11) is 3.21. The van der Waals surface area contributed by atoms with Gasteiger partial charge in [0.05, 0.1) is 43.9 Å². The van der Waals surface area contributed by atoms with Crippen LogP contribution in [-0.2, 0) is 0 Å². The molecule has 0 saturated carbocycles. The molecule has 0 amide bonds. The van der Waals surface area contributed by atoms with Gasteiger partial charge >= 0.3 is 0 Å². The second kappa shape index (κ2) is 23.0. The first-order valence-electron chi connectivity index (χ1n) is 22.5. The monoisotopic (exact) mass is 952 g/mol. The molecule has 14 nitrogen and oxygen atoms in total. The number of aromatic hydroxyl groups is 1. The lowest BCUT2D eigenvalue weighted by Gasteiger charge is -2.16. The summed E-state index contributed by atoms with van der Waals surface area (Å²) < 4.78 is 56.9. The molecule has 0 atom stereocenters. The van der Waals surface area contributed by atoms with Crippen molar-refractivity contribution in [2.75, 3.05) is 66.7 Å². The summed E-state index contributed by atoms with van der Waals surface area (Å²) in [6, 6.07) is 17.1. The molecule has 6 heterocycles. The Morgan fingerprint density at radius 3 is 1.66 bits per heavy atom. The number of hydrogen-bond donors (Lipinski definition) is 3. The molecule has 0 radical (unpaired) electrons. The van der Waals surface area contributed by atoms with Gasteiger partial charge in [0, 0.05) is 63.8 Å². The number of ether oxygens (including phenoxy) is 5. The zero-order valence-corrected chi connectivity index (χ0v) is 38.9. The van der Waals surface area contributed by atoms with E-state index < -0.39 is 11.6 Å². The van der Waals surface area contributed by atoms with E-state index >= 15 is 4.39 Å². The maximum Gasteiger partial charge on any atom is 0.230 e. The largest absolute Gasteiger partial charge is 0.505 e. The number of aromatic amines is 2. The summed E-state index contributed by atoms with van der Waals surface area (Å²) in [5.74, 6) is 1.59. The first-order chi connectivity index (χ1) is 32.6. The second-order valence-corrected chi connectivity index (χ2v) is 16.9. The van der Waals surface area contributed by atoms with Gasteiger partial charge in [-0.15, -0.1) is 0 Å². The maximum absolute atomic E-state index is 15.0. The highest BCUT2D eigenvalue weighted by Crippen LogP contribution is 2.38. The van der Waals surface area contributed by atoms with Crippen molar-refractivity contribution < 1.29 is 37.6 Å². The van der Waals surface area contributed by atoms with Crippen LogP contribution in [0, 0.1) is 25.5 Å². The van der Waals surface area contributed by atoms with Crippen LogP contribution in [0.25, 0.3) is 43.6 Å². The van der Waals surface area contributed by atoms with Gasteiger partial charge in [0.15, 0.2) is 46.1 Å². The number of phenols is 1. The molecule has 2 aliphatic rings. The predicted octanol–water partition coefficient (Wildman–Crippen LogP) is 11.3. The van der Waals surface area contributed by atoms with Crippen LogP contribution >= 0.6 is 11.6 Å². The molecule has 3 N–H and O–H groups in total. The van der Waals surface area contributed by atoms with Crippen LogP contribution in [-0.4, -0.2) is 112 Å². The Hall–Kier alpha value is -6.49. The summed E-state index contributed by atoms with van der Waals surface area (Å²) in [5.41, 5.74) is 4.59. The lowest BCUT2D eigenvalue weighted by molar-refractivity contribution is 0.254. The first-order valence-corrected chi connectivity index (χ1v) is 22.9. The molecule has 2 aliphatic heterocycles. The summed E-state index contributed by atoms with van der Waals surface area (Å²) in [4.78, 5) is 27.9. The van der Waals surface area contributed by atoms with E-state index in [9.17, 15) is 4.39 Å². The van der Waals surface area contributed by atoms with E-state index in [0.29, 0.717) is 68.6 Å². The fraction of sp³-hybridized carbons (Fsp3) is 0.373. The van der Waals surface area contributed by atoms with Crippen LogP contribution in [0.15, 0.2) is 73.3 Å². The van der Waals surface area contributed by atoms with Crippen molar-refractivity contribution in [1.82, 2.24) is 39.7 Å². The van der Waals surface area contributed by atoms with Gasteiger partial charge in [-0.3, -0.25) is 0 Å². The van der Waals surface area contributed by atoms with Gasteiger partial charge in [0.25, 0.3) is 0 Å². The molecule has 2 saturated heterocycles. The van der Waals surface area contributed by atoms with Gasteiger partial charge in [0.1, 0.15) is 17.8 Å². The lowest BCUT2D eigenvalue weighted by Crippen LogP contribution is -2.21. The minimum Gasteiger partial charge on any atom is -0.505 e. The average Bonchev–Trinajstić information content (AvgIpc) is 4.18. The Bertz CT molecular complexity index is 2960. The number of phenolic OH excluding ortho intramolecular Hbond substituents is 1. The van der Waals surface area contributed by atoms with Crippen molar-refractivity contribution in [3.8, 4) is 40.4 Å². The lowest BCUT2D eigenvalue weighted by atomic mass is 10.2. The highest BCUT2D eigenvalue weighted by atomic mass is 35.5. The molecular formula is C51H59ClF2N8O6. The molecule has 68 heavy (non-hydrogen) atoms. The number of benzene rings is 4. The van der Waals surface area contributed by atoms with Crippen molar-refractivity contribution in [3.05, 3.63) is 101 Å². The van der Waals surface area contributed by atoms with Gasteiger partial charge in [-0.2, -0.15) is 0 Å². The van der Waals surface area contributed by atoms with Gasteiger partial charge in [0.2, 0.25) is 5.88 Å². The predicted molar refractivity (Wildman–Crippen MR) is 263 cm³/mol. The molecule has 0 unspecified atom stereocenters. The topological polar surface area (TPSA) is 156 Å². The molecule has 0 bridgehead atoms. The molecule has 0 aliphatic carbocycles. The van der Waals surface area contributed by atoms with Crippen LogP contribution in [0.3, 0.4) is 0 Å². The van der Waals surface area contributed by atoms with E-state index in [4.69, 9.17) is 40.4 Å². The minimum absolute atomic E-state index is 0. The van der Waals surface area contributed by atoms with E-state index in [1.54, 1.807) is 50.6 Å². The number of hydrogen-bond acceptors (Lipinski definition) is 12. The Morgan fingerprint density at radius 1 is 0.603 bits per heavy atom. The number of aromatic nitrogens is 6. The quantitative estimate of drug-likeness (QED) is 0.0701. The number of nitrogens with zero attached hydrogens (tertiary/aromatic N) is 6. The molecule has 4 aromatic heterocycles. The smallest absolute Gasteiger partial charge is 0.230 e. The number of nitrogens with one attached hydrogen (secondary N) is 2. The molecule has 360 valence electrons. The number of aryl methyl sites for hydroxylation is 2. The van der Waals surface area contributed by atoms with E-state index in [0.717, 1.165) is 53.7 Å². The van der Waals surface area contributed by atoms with Crippen molar-refractivity contribution in [2.45, 2.75) is 59.8 Å². The van der Waals surface area contributed by atoms with Crippen molar-refractivity contribution in [3.63, 3.8) is 0 Å². The zero-order chi connectivity index (χ0) is 46.9. The van der Waals surface area contributed by atoms with Gasteiger partial charge in [-0.1, -0.05) is 19.0 Å². The fourth-order valence-electron chi connectivity index (χ4n) is 8.42. The van der Waals surface area contributed by atoms with E-state index in [-0.39, 0.29) is 24.8 Å². The van der Waals surface area contributed by atoms with Gasteiger partial charge in [-0.25, -0.2) is 28.7 Å². The number of rotatable bonds is 14. The highest BCUT2D eigenvalue weighted by molar-refractivity contribution is 6.34. The molecule has 17 heteroatoms. The van der Waals surface area contributed by atoms with Crippen molar-refractivity contribution in [2.24, 2.45) is 0 Å². The van der Waals surface area contributed by atoms with E-state index in [1.165, 1.54) is 70.6 Å². The molecular weight excluding hydrogens is 894 g/mol. The molecule has 4 aromatic carbocycles. The normalized spacial score (nSPS) is 13.8. The van der Waals surface area contributed by atoms with E-state index in [2.05, 4.69) is 39.7 Å². The third-order valence-electron chi connectivity index (χ3n) is 11.8. The van der Waals surface area contributed by atoms with E-state index in [1.807, 2.05) is 32.0 Å². The number of fused-ring (bicyclic) bond motifs is 4. The van der Waals surface area contributed by atoms with Crippen LogP contribution in [0.1, 0.15) is 57.3 Å². The third-order valence-corrected chi connectivity index (χ3v) is 12.1. The number of methoxy groups -OCH3 is 2. The summed E-state index contributed by atoms with van der Waals surface area (Å²) >= 11 is 6.08. The first kappa shape index (κ1) is 49.4. The van der Waals surface area contributed by atoms with Crippen LogP contribution in [0.4, 0.5) is 8.78 Å². The standard InChI is InChI=1S/C25H27FN4O3.C16H20ClN3O2.C9H8FNO.CH4/c1-16-12-17-19(29-16)6-7-21(24(17)26)33-25-18-13-22(31-2)23(14-20(18)27-15-28-25)32-11-5-10-30-8-3-4-9-30;1-21-14-9-12-13(18-11-19-16(12)17)10-15(14)22-8-4-7-20-5-2-3-6-20;1-5-4-6-7(11-5)2-3-8(12)9(6)10;/h6-7,12-15,29H,3-5,8-11H2,1-2H3;9-11H,2-8H2,1H3;2-4,11-12H,1H3;1H4. The van der Waals surface area contributed by atoms with Gasteiger partial charge in [-0.05, 0) is 127 Å². The summed E-state index contributed by atoms with van der Waals surface area (Å²) in [6.07, 6.45) is 10.0.